The predicted molar refractivity (Wildman–Crippen MR) is 338 cm³/mol. The average Bonchev–Trinajstić information content (AvgIpc) is 1.30. The lowest BCUT2D eigenvalue weighted by Crippen LogP contribution is -2.56. The molecule has 0 spiro atoms. The molecule has 13 rings (SSSR count). The summed E-state index contributed by atoms with van der Waals surface area (Å²) in [5.74, 6) is -0.383. The van der Waals surface area contributed by atoms with Gasteiger partial charge in [-0.1, -0.05) is 64.7 Å². The maximum Gasteiger partial charge on any atom is 0.321 e. The van der Waals surface area contributed by atoms with Gasteiger partial charge < -0.3 is 82.8 Å². The lowest BCUT2D eigenvalue weighted by Gasteiger charge is -2.45. The van der Waals surface area contributed by atoms with E-state index in [-0.39, 0.29) is 83.7 Å². The first-order chi connectivity index (χ1) is 44.1. The van der Waals surface area contributed by atoms with E-state index in [0.717, 1.165) is 71.6 Å². The van der Waals surface area contributed by atoms with Crippen molar-refractivity contribution in [2.75, 3.05) is 92.6 Å². The number of β-amino-alcohol motifs (C(OH)–C–C–N with tert-alkyl or cyclic N) is 1. The molecule has 10 saturated heterocycles. The van der Waals surface area contributed by atoms with Gasteiger partial charge in [0.1, 0.15) is 6.17 Å². The third-order valence-electron chi connectivity index (χ3n) is 17.3. The van der Waals surface area contributed by atoms with Crippen molar-refractivity contribution in [2.45, 2.75) is 198 Å². The summed E-state index contributed by atoms with van der Waals surface area (Å²) in [6, 6.07) is 0.879. The van der Waals surface area contributed by atoms with Gasteiger partial charge in [-0.15, -0.1) is 0 Å². The van der Waals surface area contributed by atoms with Gasteiger partial charge in [0.05, 0.1) is 12.0 Å². The smallest absolute Gasteiger partial charge is 0.321 e. The molecule has 14 N–H and O–H groups in total. The first-order valence-corrected chi connectivity index (χ1v) is 33.2. The second-order valence-electron chi connectivity index (χ2n) is 25.0. The molecule has 10 heterocycles. The molecule has 21 amide bonds. The molecular weight excluding hydrogens is 1200 g/mol. The lowest BCUT2D eigenvalue weighted by molar-refractivity contribution is -0.124. The Morgan fingerprint density at radius 2 is 0.826 bits per heavy atom. The van der Waals surface area contributed by atoms with Crippen molar-refractivity contribution < 1.29 is 67.4 Å². The van der Waals surface area contributed by atoms with E-state index in [4.69, 9.17) is 5.11 Å². The maximum atomic E-state index is 12.8. The van der Waals surface area contributed by atoms with E-state index in [1.54, 1.807) is 23.6 Å². The summed E-state index contributed by atoms with van der Waals surface area (Å²) in [7, 11) is 3.66. The molecule has 0 aromatic heterocycles. The largest absolute Gasteiger partial charge is 0.389 e. The second-order valence-corrected chi connectivity index (χ2v) is 25.0. The van der Waals surface area contributed by atoms with Crippen LogP contribution in [0.3, 0.4) is 0 Å². The van der Waals surface area contributed by atoms with E-state index in [0.29, 0.717) is 76.0 Å². The van der Waals surface area contributed by atoms with Crippen LogP contribution in [0.5, 0.6) is 0 Å². The zero-order valence-electron chi connectivity index (χ0n) is 54.4. The Morgan fingerprint density at radius 3 is 1.23 bits per heavy atom. The Hall–Kier alpha value is -7.93. The Kier molecular flexibility index (Phi) is 32.6. The van der Waals surface area contributed by atoms with Crippen LogP contribution in [-0.2, 0) is 24.0 Å². The molecule has 92 heavy (non-hydrogen) atoms. The van der Waals surface area contributed by atoms with Gasteiger partial charge in [-0.3, -0.25) is 39.9 Å². The number of carbonyl (C=O) groups is 13. The first-order valence-electron chi connectivity index (χ1n) is 33.2. The van der Waals surface area contributed by atoms with Crippen LogP contribution in [-0.4, -0.2) is 236 Å². The van der Waals surface area contributed by atoms with Gasteiger partial charge in [-0.05, 0) is 71.1 Å². The van der Waals surface area contributed by atoms with Crippen LogP contribution >= 0.6 is 0 Å². The van der Waals surface area contributed by atoms with Gasteiger partial charge in [-0.25, -0.2) is 38.4 Å². The third kappa shape index (κ3) is 27.5. The highest BCUT2D eigenvalue weighted by molar-refractivity contribution is 5.98. The van der Waals surface area contributed by atoms with Crippen molar-refractivity contribution >= 4 is 77.8 Å². The van der Waals surface area contributed by atoms with Crippen LogP contribution in [0.2, 0.25) is 0 Å². The van der Waals surface area contributed by atoms with Crippen LogP contribution < -0.4 is 69.1 Å². The average molecular weight is 1300 g/mol. The van der Waals surface area contributed by atoms with E-state index in [9.17, 15) is 62.3 Å². The van der Waals surface area contributed by atoms with Crippen LogP contribution in [0.25, 0.3) is 0 Å². The van der Waals surface area contributed by atoms with Gasteiger partial charge in [0.25, 0.3) is 0 Å². The Labute approximate surface area is 539 Å². The lowest BCUT2D eigenvalue weighted by atomic mass is 9.92. The number of hydrogen-bond acceptors (Lipinski definition) is 14. The molecule has 13 aliphatic rings. The summed E-state index contributed by atoms with van der Waals surface area (Å²) >= 11 is 0. The summed E-state index contributed by atoms with van der Waals surface area (Å²) in [6.07, 6.45) is 25.1. The fourth-order valence-electron chi connectivity index (χ4n) is 12.2. The number of aliphatic hydroxyl groups is 1. The number of imide groups is 3. The summed E-state index contributed by atoms with van der Waals surface area (Å²) in [5, 5.41) is 41.0. The third-order valence-corrected chi connectivity index (χ3v) is 17.3. The first kappa shape index (κ1) is 74.8. The number of hydrogen-bond donors (Lipinski definition) is 14. The van der Waals surface area contributed by atoms with Crippen molar-refractivity contribution in [3.63, 3.8) is 0 Å². The van der Waals surface area contributed by atoms with E-state index < -0.39 is 18.2 Å². The number of rotatable bonds is 3. The molecular formula is C60H104N18O14. The fraction of sp³-hybridized carbons (Fsp3) is 0.783. The van der Waals surface area contributed by atoms with Gasteiger partial charge in [0.2, 0.25) is 29.5 Å². The van der Waals surface area contributed by atoms with Crippen LogP contribution in [0, 0.1) is 11.8 Å². The topological polar surface area (TPSA) is 415 Å². The molecule has 0 aromatic rings. The number of nitrogens with one attached hydrogen (secondary N) is 13. The molecule has 518 valence electrons. The zero-order chi connectivity index (χ0) is 67.0. The standard InChI is InChI=1S/C16H28N2O.C10H18N2O.C6H8N2O2.C6H12N2O.2C5H8N2O2.C4H8N2O2.C4H6N2O2.C4H8N2O/c19-16-17(14-8-3-1-4-9-14)12-7-13-18(16)15-10-5-2-6-11-15;13-10-11-7-4-8-12(10)9-5-2-1-3-6-9;9-4-1-3-2-5(10)8-6(3)7-4;1-7-4-3-5-8(2)6(7)9;1-3-2-6-5(9)7-4(3)8;1-3-2-4(8)7-5(9)6-3;7-3-1-5-4(8)6-2-3;7-3-1-2-5-4(8)6-3;7-4-5-2-1-3-6-4/h14-15H,1-13H2;9H,1-8H2,(H,11,13);3,6H,1-2H2,(H,7,9)(H,8,10);3-5H2,1-2H3;2*3H,2H2,1H3,(H2,6,7,8,9);3,7H,1-2H2,(H2,5,6,8);1-2H2,(H2,5,6,7,8);1-3H2,(H2,5,6,7). The van der Waals surface area contributed by atoms with Crippen molar-refractivity contribution in [2.24, 2.45) is 11.8 Å². The molecule has 3 aliphatic carbocycles. The minimum atomic E-state index is -0.423. The maximum absolute atomic E-state index is 12.8. The molecule has 2 atom stereocenters. The van der Waals surface area contributed by atoms with Gasteiger partial charge in [0.15, 0.2) is 0 Å². The van der Waals surface area contributed by atoms with Gasteiger partial charge in [0, 0.05) is 148 Å². The van der Waals surface area contributed by atoms with Crippen LogP contribution in [0.4, 0.5) is 38.4 Å². The SMILES string of the molecule is CC1CC(=O)NC(=O)N1.CC1CNC(=O)NC1=O.CN1CCCN(C)C1=O.O=C1CC2CC(=O)NC2N1.O=C1CCNC(=O)N1.O=C1N(C2CCCCC2)CCCN1C1CCCCC1.O=C1NCC(O)CN1.O=C1NCCCN1.O=C1NCCCN1C1CCCCC1. The van der Waals surface area contributed by atoms with E-state index >= 15 is 0 Å². The summed E-state index contributed by atoms with van der Waals surface area (Å²) in [5.41, 5.74) is 0. The highest BCUT2D eigenvalue weighted by Crippen LogP contribution is 2.30. The van der Waals surface area contributed by atoms with Crippen LogP contribution in [0.15, 0.2) is 0 Å². The highest BCUT2D eigenvalue weighted by atomic mass is 16.3. The molecule has 3 saturated carbocycles. The van der Waals surface area contributed by atoms with Gasteiger partial charge in [-0.2, -0.15) is 0 Å². The predicted octanol–water partition coefficient (Wildman–Crippen LogP) is 1.49. The van der Waals surface area contributed by atoms with Crippen molar-refractivity contribution in [3.05, 3.63) is 0 Å². The molecule has 0 bridgehead atoms. The Bertz CT molecular complexity index is 2350. The molecule has 0 aromatic carbocycles. The molecule has 0 radical (unpaired) electrons. The minimum Gasteiger partial charge on any atom is -0.389 e. The number of urea groups is 8. The molecule has 13 fully saturated rings. The number of aliphatic hydroxyl groups excluding tert-OH is 1. The van der Waals surface area contributed by atoms with Crippen molar-refractivity contribution in [1.29, 1.82) is 0 Å². The van der Waals surface area contributed by atoms with Crippen LogP contribution in [0.1, 0.15) is 162 Å². The number of fused-ring (bicyclic) bond motifs is 1. The van der Waals surface area contributed by atoms with E-state index in [1.165, 1.54) is 103 Å². The highest BCUT2D eigenvalue weighted by Gasteiger charge is 2.40. The fourth-order valence-corrected chi connectivity index (χ4v) is 12.2. The minimum absolute atomic E-state index is 0.0220. The normalized spacial score (nSPS) is 25.9. The second kappa shape index (κ2) is 40.1. The molecule has 32 nitrogen and oxygen atoms in total. The molecule has 10 aliphatic heterocycles. The quantitative estimate of drug-likeness (QED) is 0.191. The van der Waals surface area contributed by atoms with E-state index in [2.05, 4.69) is 78.9 Å². The summed E-state index contributed by atoms with van der Waals surface area (Å²) < 4.78 is 0. The van der Waals surface area contributed by atoms with Crippen molar-refractivity contribution in [1.82, 2.24) is 93.6 Å². The monoisotopic (exact) mass is 1300 g/mol. The van der Waals surface area contributed by atoms with Crippen molar-refractivity contribution in [3.8, 4) is 0 Å². The Morgan fingerprint density at radius 1 is 0.380 bits per heavy atom. The number of nitrogens with zero attached hydrogens (tertiary/aromatic N) is 5. The summed E-state index contributed by atoms with van der Waals surface area (Å²) in [6.45, 7) is 12.5. The number of amides is 21. The van der Waals surface area contributed by atoms with Gasteiger partial charge >= 0.3 is 48.2 Å². The zero-order valence-corrected chi connectivity index (χ0v) is 54.4. The number of carbonyl (C=O) groups excluding carboxylic acids is 13. The summed E-state index contributed by atoms with van der Waals surface area (Å²) in [4.78, 5) is 150. The molecule has 32 heteroatoms. The van der Waals surface area contributed by atoms with E-state index in [1.807, 2.05) is 19.0 Å². The molecule has 2 unspecified atom stereocenters. The Balaban J connectivity index is 0.000000192.